The summed E-state index contributed by atoms with van der Waals surface area (Å²) in [6.45, 7) is 1.69. The van der Waals surface area contributed by atoms with Gasteiger partial charge in [-0.2, -0.15) is 0 Å². The number of benzene rings is 2. The van der Waals surface area contributed by atoms with Crippen molar-refractivity contribution in [2.45, 2.75) is 24.8 Å². The molecule has 3 rings (SSSR count). The number of aromatic nitrogens is 1. The van der Waals surface area contributed by atoms with Crippen LogP contribution in [0.1, 0.15) is 12.0 Å². The molecule has 1 aromatic heterocycles. The Morgan fingerprint density at radius 2 is 1.97 bits per heavy atom. The maximum absolute atomic E-state index is 14.8. The molecule has 1 heterocycles. The van der Waals surface area contributed by atoms with Crippen LogP contribution in [0.3, 0.4) is 0 Å². The normalized spacial score (nSPS) is 12.6. The number of fused-ring (bicyclic) bond motifs is 1. The van der Waals surface area contributed by atoms with Crippen LogP contribution in [0.4, 0.5) is 4.39 Å². The van der Waals surface area contributed by atoms with Gasteiger partial charge in [0.1, 0.15) is 11.1 Å². The number of methoxy groups -OCH3 is 1. The number of rotatable bonds is 11. The second-order valence-electron chi connectivity index (χ2n) is 8.18. The molecule has 9 nitrogen and oxygen atoms in total. The largest absolute Gasteiger partial charge is 0.383 e. The average Bonchev–Trinajstić information content (AvgIpc) is 2.82. The van der Waals surface area contributed by atoms with Gasteiger partial charge in [0.05, 0.1) is 6.61 Å². The Hall–Kier alpha value is -3.12. The second-order valence-corrected chi connectivity index (χ2v) is 10.4. The molecule has 0 unspecified atom stereocenters. The number of halogens is 1. The molecule has 0 saturated heterocycles. The minimum absolute atomic E-state index is 0.0454. The topological polar surface area (TPSA) is 127 Å². The molecule has 0 bridgehead atoms. The van der Waals surface area contributed by atoms with Crippen molar-refractivity contribution in [3.63, 3.8) is 0 Å². The highest BCUT2D eigenvalue weighted by Crippen LogP contribution is 2.26. The summed E-state index contributed by atoms with van der Waals surface area (Å²) in [7, 11) is -2.17. The summed E-state index contributed by atoms with van der Waals surface area (Å²) < 4.78 is 44.8. The van der Waals surface area contributed by atoms with E-state index in [0.29, 0.717) is 41.6 Å². The lowest BCUT2D eigenvalue weighted by Crippen LogP contribution is -2.39. The van der Waals surface area contributed by atoms with Crippen LogP contribution in [0.2, 0.25) is 0 Å². The van der Waals surface area contributed by atoms with E-state index >= 15 is 0 Å². The Bertz CT molecular complexity index is 1370. The standard InChI is InChI=1S/C24H28FN3O6S/c1-34-12-9-26-15-16-3-5-19(21(25)13-16)17-4-6-20-18(14-17)7-10-28(24(20)30)11-8-22(23(29)27-31)35(2,32)33/h3-7,10,13-14,22,26,31H,8-9,11-12,15H2,1-2H3,(H,27,29)/t22-/m1/s1. The third-order valence-corrected chi connectivity index (χ3v) is 7.17. The smallest absolute Gasteiger partial charge is 0.261 e. The molecule has 0 aliphatic carbocycles. The Labute approximate surface area is 202 Å². The molecule has 1 amide bonds. The third kappa shape index (κ3) is 6.51. The highest BCUT2D eigenvalue weighted by molar-refractivity contribution is 7.92. The van der Waals surface area contributed by atoms with Gasteiger partial charge in [0.2, 0.25) is 0 Å². The predicted molar refractivity (Wildman–Crippen MR) is 130 cm³/mol. The number of nitrogens with zero attached hydrogens (tertiary/aromatic N) is 1. The fourth-order valence-electron chi connectivity index (χ4n) is 3.81. The van der Waals surface area contributed by atoms with E-state index in [2.05, 4.69) is 5.32 Å². The molecule has 11 heteroatoms. The van der Waals surface area contributed by atoms with Crippen LogP contribution in [-0.2, 0) is 32.5 Å². The summed E-state index contributed by atoms with van der Waals surface area (Å²) in [6, 6.07) is 11.6. The zero-order valence-corrected chi connectivity index (χ0v) is 20.3. The zero-order chi connectivity index (χ0) is 25.6. The van der Waals surface area contributed by atoms with E-state index < -0.39 is 21.0 Å². The molecule has 188 valence electrons. The molecule has 3 N–H and O–H groups in total. The van der Waals surface area contributed by atoms with E-state index in [0.717, 1.165) is 11.8 Å². The van der Waals surface area contributed by atoms with Gasteiger partial charge in [0.25, 0.3) is 11.5 Å². The summed E-state index contributed by atoms with van der Waals surface area (Å²) in [4.78, 5) is 24.6. The van der Waals surface area contributed by atoms with Crippen LogP contribution in [0, 0.1) is 5.82 Å². The number of carbonyl (C=O) groups is 1. The summed E-state index contributed by atoms with van der Waals surface area (Å²) >= 11 is 0. The monoisotopic (exact) mass is 505 g/mol. The summed E-state index contributed by atoms with van der Waals surface area (Å²) in [5.41, 5.74) is 2.80. The zero-order valence-electron chi connectivity index (χ0n) is 19.5. The van der Waals surface area contributed by atoms with Crippen molar-refractivity contribution in [3.8, 4) is 11.1 Å². The quantitative estimate of drug-likeness (QED) is 0.206. The molecular weight excluding hydrogens is 477 g/mol. The van der Waals surface area contributed by atoms with Crippen molar-refractivity contribution in [1.82, 2.24) is 15.4 Å². The molecule has 2 aromatic carbocycles. The first-order valence-electron chi connectivity index (χ1n) is 10.9. The van der Waals surface area contributed by atoms with Gasteiger partial charge in [0.15, 0.2) is 9.84 Å². The fourth-order valence-corrected chi connectivity index (χ4v) is 4.78. The van der Waals surface area contributed by atoms with E-state index in [4.69, 9.17) is 9.94 Å². The average molecular weight is 506 g/mol. The van der Waals surface area contributed by atoms with Crippen LogP contribution >= 0.6 is 0 Å². The first-order chi connectivity index (χ1) is 16.7. The van der Waals surface area contributed by atoms with Crippen molar-refractivity contribution in [2.75, 3.05) is 26.5 Å². The summed E-state index contributed by atoms with van der Waals surface area (Å²) in [5, 5.41) is 11.5. The maximum Gasteiger partial charge on any atom is 0.261 e. The number of carbonyl (C=O) groups excluding carboxylic acids is 1. The molecule has 35 heavy (non-hydrogen) atoms. The van der Waals surface area contributed by atoms with E-state index in [9.17, 15) is 22.4 Å². The third-order valence-electron chi connectivity index (χ3n) is 5.69. The Balaban J connectivity index is 1.82. The van der Waals surface area contributed by atoms with Crippen molar-refractivity contribution in [3.05, 3.63) is 70.4 Å². The number of ether oxygens (including phenoxy) is 1. The number of sulfone groups is 1. The minimum Gasteiger partial charge on any atom is -0.383 e. The molecule has 0 fully saturated rings. The molecule has 0 aliphatic rings. The minimum atomic E-state index is -3.79. The van der Waals surface area contributed by atoms with Gasteiger partial charge in [-0.1, -0.05) is 18.2 Å². The van der Waals surface area contributed by atoms with Crippen molar-refractivity contribution < 1.29 is 27.5 Å². The van der Waals surface area contributed by atoms with Gasteiger partial charge in [0, 0.05) is 50.1 Å². The van der Waals surface area contributed by atoms with E-state index in [1.165, 1.54) is 22.3 Å². The van der Waals surface area contributed by atoms with Gasteiger partial charge in [-0.3, -0.25) is 14.8 Å². The number of hydrogen-bond acceptors (Lipinski definition) is 7. The molecule has 0 radical (unpaired) electrons. The first kappa shape index (κ1) is 26.5. The summed E-state index contributed by atoms with van der Waals surface area (Å²) in [6.07, 6.45) is 2.20. The van der Waals surface area contributed by atoms with Gasteiger partial charge in [-0.25, -0.2) is 18.3 Å². The van der Waals surface area contributed by atoms with Crippen LogP contribution < -0.4 is 16.4 Å². The van der Waals surface area contributed by atoms with Gasteiger partial charge >= 0.3 is 0 Å². The Morgan fingerprint density at radius 1 is 1.20 bits per heavy atom. The highest BCUT2D eigenvalue weighted by Gasteiger charge is 2.28. The Kier molecular flexibility index (Phi) is 8.73. The molecule has 0 saturated carbocycles. The number of nitrogens with one attached hydrogen (secondary N) is 2. The highest BCUT2D eigenvalue weighted by atomic mass is 32.2. The second kappa shape index (κ2) is 11.5. The van der Waals surface area contributed by atoms with E-state index in [1.54, 1.807) is 37.4 Å². The van der Waals surface area contributed by atoms with Crippen LogP contribution in [-0.4, -0.2) is 55.9 Å². The maximum atomic E-state index is 14.8. The van der Waals surface area contributed by atoms with Gasteiger partial charge in [-0.15, -0.1) is 0 Å². The van der Waals surface area contributed by atoms with Crippen LogP contribution in [0.25, 0.3) is 21.9 Å². The van der Waals surface area contributed by atoms with Crippen LogP contribution in [0.15, 0.2) is 53.5 Å². The lowest BCUT2D eigenvalue weighted by atomic mass is 10.00. The molecule has 3 aromatic rings. The molecular formula is C24H28FN3O6S. The van der Waals surface area contributed by atoms with Crippen molar-refractivity contribution in [2.24, 2.45) is 0 Å². The van der Waals surface area contributed by atoms with Gasteiger partial charge in [-0.05, 0) is 47.2 Å². The number of pyridine rings is 1. The van der Waals surface area contributed by atoms with Gasteiger partial charge < -0.3 is 14.6 Å². The van der Waals surface area contributed by atoms with Crippen LogP contribution in [0.5, 0.6) is 0 Å². The number of hydrogen-bond donors (Lipinski definition) is 3. The predicted octanol–water partition coefficient (Wildman–Crippen LogP) is 1.85. The van der Waals surface area contributed by atoms with E-state index in [1.807, 2.05) is 6.07 Å². The first-order valence-corrected chi connectivity index (χ1v) is 12.9. The SMILES string of the molecule is COCCNCc1ccc(-c2ccc3c(=O)n(CC[C@H](C(=O)NO)S(C)(=O)=O)ccc3c2)c(F)c1. The number of aryl methyl sites for hydroxylation is 1. The van der Waals surface area contributed by atoms with Crippen molar-refractivity contribution in [1.29, 1.82) is 0 Å². The molecule has 0 spiro atoms. The fraction of sp³-hybridized carbons (Fsp3) is 0.333. The number of amides is 1. The van der Waals surface area contributed by atoms with E-state index in [-0.39, 0.29) is 24.3 Å². The molecule has 0 aliphatic heterocycles. The summed E-state index contributed by atoms with van der Waals surface area (Å²) in [5.74, 6) is -1.43. The number of hydroxylamine groups is 1. The lowest BCUT2D eigenvalue weighted by Gasteiger charge is -2.14. The van der Waals surface area contributed by atoms with Crippen molar-refractivity contribution >= 4 is 26.5 Å². The molecule has 1 atom stereocenters. The Morgan fingerprint density at radius 3 is 2.63 bits per heavy atom. The lowest BCUT2D eigenvalue weighted by molar-refractivity contribution is -0.128.